The zero-order valence-corrected chi connectivity index (χ0v) is 9.36. The summed E-state index contributed by atoms with van der Waals surface area (Å²) in [6, 6.07) is 6.17. The number of hydrogen-bond acceptors (Lipinski definition) is 4. The highest BCUT2D eigenvalue weighted by Crippen LogP contribution is 2.25. The van der Waals surface area contributed by atoms with Gasteiger partial charge in [0.2, 0.25) is 0 Å². The zero-order chi connectivity index (χ0) is 12.7. The second-order valence-corrected chi connectivity index (χ2v) is 3.20. The molecule has 0 aliphatic heterocycles. The number of rotatable bonds is 4. The van der Waals surface area contributed by atoms with Gasteiger partial charge >= 0.3 is 0 Å². The highest BCUT2D eigenvalue weighted by Gasteiger charge is 2.13. The molecule has 0 saturated carbocycles. The summed E-state index contributed by atoms with van der Waals surface area (Å²) in [7, 11) is 0. The third-order valence-electron chi connectivity index (χ3n) is 2.06. The van der Waals surface area contributed by atoms with E-state index in [1.807, 2.05) is 6.07 Å². The molecule has 17 heavy (non-hydrogen) atoms. The first-order chi connectivity index (χ1) is 8.19. The number of benzene rings is 1. The van der Waals surface area contributed by atoms with Crippen molar-refractivity contribution in [3.8, 4) is 17.9 Å². The van der Waals surface area contributed by atoms with Gasteiger partial charge in [-0.15, -0.1) is 11.8 Å². The van der Waals surface area contributed by atoms with Gasteiger partial charge in [0.15, 0.2) is 0 Å². The smallest absolute Gasteiger partial charge is 0.292 e. The van der Waals surface area contributed by atoms with Crippen LogP contribution in [-0.2, 0) is 0 Å². The van der Waals surface area contributed by atoms with Gasteiger partial charge in [0, 0.05) is 19.0 Å². The van der Waals surface area contributed by atoms with Gasteiger partial charge in [0.05, 0.1) is 16.6 Å². The van der Waals surface area contributed by atoms with Gasteiger partial charge in [-0.2, -0.15) is 5.26 Å². The van der Waals surface area contributed by atoms with Crippen molar-refractivity contribution in [2.75, 3.05) is 11.9 Å². The van der Waals surface area contributed by atoms with Crippen LogP contribution in [0.2, 0.25) is 0 Å². The van der Waals surface area contributed by atoms with Crippen molar-refractivity contribution in [1.82, 2.24) is 0 Å². The average Bonchev–Trinajstić information content (AvgIpc) is 2.34. The topological polar surface area (TPSA) is 79.0 Å². The molecule has 0 fully saturated rings. The Morgan fingerprint density at radius 1 is 1.53 bits per heavy atom. The van der Waals surface area contributed by atoms with Gasteiger partial charge in [-0.05, 0) is 19.1 Å². The van der Waals surface area contributed by atoms with Crippen LogP contribution >= 0.6 is 0 Å². The fraction of sp³-hybridized carbons (Fsp3) is 0.250. The average molecular weight is 229 g/mol. The summed E-state index contributed by atoms with van der Waals surface area (Å²) in [5, 5.41) is 22.4. The van der Waals surface area contributed by atoms with Gasteiger partial charge in [0.1, 0.15) is 5.69 Å². The van der Waals surface area contributed by atoms with Crippen LogP contribution in [0.3, 0.4) is 0 Å². The van der Waals surface area contributed by atoms with Crippen molar-refractivity contribution in [2.24, 2.45) is 0 Å². The fourth-order valence-corrected chi connectivity index (χ4v) is 1.29. The number of nitriles is 1. The van der Waals surface area contributed by atoms with Crippen LogP contribution in [0.4, 0.5) is 11.4 Å². The molecular formula is C12H11N3O2. The van der Waals surface area contributed by atoms with Gasteiger partial charge in [-0.3, -0.25) is 10.1 Å². The van der Waals surface area contributed by atoms with E-state index in [0.717, 1.165) is 0 Å². The first kappa shape index (κ1) is 12.5. The van der Waals surface area contributed by atoms with Gasteiger partial charge in [-0.1, -0.05) is 0 Å². The maximum Gasteiger partial charge on any atom is 0.292 e. The van der Waals surface area contributed by atoms with E-state index in [2.05, 4.69) is 17.2 Å². The summed E-state index contributed by atoms with van der Waals surface area (Å²) in [5.41, 5.74) is 0.708. The minimum atomic E-state index is -0.477. The molecule has 5 nitrogen and oxygen atoms in total. The van der Waals surface area contributed by atoms with Crippen LogP contribution in [-0.4, -0.2) is 11.5 Å². The van der Waals surface area contributed by atoms with Crippen LogP contribution in [0.15, 0.2) is 18.2 Å². The Morgan fingerprint density at radius 2 is 2.29 bits per heavy atom. The maximum absolute atomic E-state index is 10.8. The van der Waals surface area contributed by atoms with Crippen LogP contribution in [0.1, 0.15) is 18.9 Å². The second-order valence-electron chi connectivity index (χ2n) is 3.20. The van der Waals surface area contributed by atoms with E-state index in [-0.39, 0.29) is 5.69 Å². The fourth-order valence-electron chi connectivity index (χ4n) is 1.29. The number of nitrogens with zero attached hydrogens (tertiary/aromatic N) is 2. The van der Waals surface area contributed by atoms with Crippen molar-refractivity contribution in [2.45, 2.75) is 13.3 Å². The molecule has 1 rings (SSSR count). The third kappa shape index (κ3) is 3.51. The molecule has 5 heteroatoms. The Kier molecular flexibility index (Phi) is 4.53. The molecule has 0 aliphatic carbocycles. The molecule has 0 amide bonds. The summed E-state index contributed by atoms with van der Waals surface area (Å²) in [6.07, 6.45) is 0.602. The van der Waals surface area contributed by atoms with Crippen LogP contribution < -0.4 is 5.32 Å². The Labute approximate surface area is 99.2 Å². The molecular weight excluding hydrogens is 218 g/mol. The molecule has 1 N–H and O–H groups in total. The largest absolute Gasteiger partial charge is 0.378 e. The number of hydrogen-bond donors (Lipinski definition) is 1. The molecule has 0 unspecified atom stereocenters. The van der Waals surface area contributed by atoms with Crippen molar-refractivity contribution < 1.29 is 4.92 Å². The Hall–Kier alpha value is -2.53. The van der Waals surface area contributed by atoms with E-state index in [1.165, 1.54) is 18.2 Å². The normalized spacial score (nSPS) is 8.71. The van der Waals surface area contributed by atoms with E-state index in [9.17, 15) is 10.1 Å². The molecule has 0 radical (unpaired) electrons. The summed E-state index contributed by atoms with van der Waals surface area (Å²) in [6.45, 7) is 2.25. The van der Waals surface area contributed by atoms with Gasteiger partial charge < -0.3 is 5.32 Å². The lowest BCUT2D eigenvalue weighted by Crippen LogP contribution is -2.04. The maximum atomic E-state index is 10.8. The standard InChI is InChI=1S/C12H11N3O2/c1-2-3-4-7-14-11-8-10(9-13)5-6-12(11)15(16)17/h5-6,8,14H,4,7H2,1H3. The zero-order valence-electron chi connectivity index (χ0n) is 9.36. The molecule has 1 aromatic rings. The van der Waals surface area contributed by atoms with Crippen LogP contribution in [0.25, 0.3) is 0 Å². The van der Waals surface area contributed by atoms with E-state index < -0.39 is 4.92 Å². The lowest BCUT2D eigenvalue weighted by molar-refractivity contribution is -0.384. The van der Waals surface area contributed by atoms with Crippen molar-refractivity contribution in [3.63, 3.8) is 0 Å². The molecule has 0 aromatic heterocycles. The molecule has 0 spiro atoms. The summed E-state index contributed by atoms with van der Waals surface area (Å²) >= 11 is 0. The predicted octanol–water partition coefficient (Wildman–Crippen LogP) is 2.29. The van der Waals surface area contributed by atoms with E-state index in [4.69, 9.17) is 5.26 Å². The quantitative estimate of drug-likeness (QED) is 0.372. The minimum absolute atomic E-state index is 0.0338. The first-order valence-corrected chi connectivity index (χ1v) is 5.01. The van der Waals surface area contributed by atoms with Crippen molar-refractivity contribution in [3.05, 3.63) is 33.9 Å². The first-order valence-electron chi connectivity index (χ1n) is 5.01. The summed E-state index contributed by atoms with van der Waals surface area (Å²) in [5.74, 6) is 5.59. The van der Waals surface area contributed by atoms with Gasteiger partial charge in [-0.25, -0.2) is 0 Å². The summed E-state index contributed by atoms with van der Waals surface area (Å²) in [4.78, 5) is 10.3. The van der Waals surface area contributed by atoms with Crippen molar-refractivity contribution in [1.29, 1.82) is 5.26 Å². The van der Waals surface area contributed by atoms with Crippen LogP contribution in [0.5, 0.6) is 0 Å². The van der Waals surface area contributed by atoms with Crippen LogP contribution in [0, 0.1) is 33.3 Å². The lowest BCUT2D eigenvalue weighted by atomic mass is 10.2. The number of nitro groups is 1. The Bertz CT molecular complexity index is 521. The molecule has 0 bridgehead atoms. The highest BCUT2D eigenvalue weighted by molar-refractivity contribution is 5.64. The second kappa shape index (κ2) is 6.14. The Balaban J connectivity index is 2.89. The highest BCUT2D eigenvalue weighted by atomic mass is 16.6. The van der Waals surface area contributed by atoms with E-state index >= 15 is 0 Å². The minimum Gasteiger partial charge on any atom is -0.378 e. The SMILES string of the molecule is CC#CCCNc1cc(C#N)ccc1[N+](=O)[O-]. The monoisotopic (exact) mass is 229 g/mol. The van der Waals surface area contributed by atoms with Gasteiger partial charge in [0.25, 0.3) is 5.69 Å². The molecule has 1 aromatic carbocycles. The number of nitro benzene ring substituents is 1. The predicted molar refractivity (Wildman–Crippen MR) is 64.4 cm³/mol. The van der Waals surface area contributed by atoms with E-state index in [0.29, 0.717) is 24.2 Å². The Morgan fingerprint density at radius 3 is 2.88 bits per heavy atom. The number of nitrogens with one attached hydrogen (secondary N) is 1. The molecule has 0 heterocycles. The third-order valence-corrected chi connectivity index (χ3v) is 2.06. The lowest BCUT2D eigenvalue weighted by Gasteiger charge is -2.05. The van der Waals surface area contributed by atoms with E-state index in [1.54, 1.807) is 6.92 Å². The number of anilines is 1. The molecule has 0 aliphatic rings. The molecule has 0 saturated heterocycles. The van der Waals surface area contributed by atoms with Crippen molar-refractivity contribution >= 4 is 11.4 Å². The molecule has 86 valence electrons. The summed E-state index contributed by atoms with van der Waals surface area (Å²) < 4.78 is 0. The molecule has 0 atom stereocenters.